The zero-order chi connectivity index (χ0) is 13.9. The van der Waals surface area contributed by atoms with E-state index in [0.29, 0.717) is 31.4 Å². The van der Waals surface area contributed by atoms with Gasteiger partial charge in [0.05, 0.1) is 12.1 Å². The van der Waals surface area contributed by atoms with Crippen LogP contribution in [-0.2, 0) is 9.59 Å². The van der Waals surface area contributed by atoms with Crippen LogP contribution in [0.15, 0.2) is 0 Å². The molecule has 2 fully saturated rings. The number of hydrogen-bond acceptors (Lipinski definition) is 5. The Morgan fingerprint density at radius 3 is 3.00 bits per heavy atom. The summed E-state index contributed by atoms with van der Waals surface area (Å²) >= 11 is 1.44. The first-order valence-corrected chi connectivity index (χ1v) is 7.22. The molecule has 0 saturated carbocycles. The number of carbonyl (C=O) groups is 3. The highest BCUT2D eigenvalue weighted by Crippen LogP contribution is 2.44. The van der Waals surface area contributed by atoms with E-state index in [0.717, 1.165) is 6.29 Å². The Labute approximate surface area is 114 Å². The van der Waals surface area contributed by atoms with Gasteiger partial charge < -0.3 is 15.4 Å². The third-order valence-electron chi connectivity index (χ3n) is 3.63. The second-order valence-electron chi connectivity index (χ2n) is 4.76. The number of hydrogen-bond donors (Lipinski definition) is 4. The molecule has 2 aliphatic rings. The van der Waals surface area contributed by atoms with Crippen LogP contribution < -0.4 is 16.1 Å². The minimum absolute atomic E-state index is 0.0964. The zero-order valence-corrected chi connectivity index (χ0v) is 11.2. The third-order valence-corrected chi connectivity index (χ3v) is 5.32. The van der Waals surface area contributed by atoms with Gasteiger partial charge in [0.1, 0.15) is 11.0 Å². The first kappa shape index (κ1) is 14.1. The monoisotopic (exact) mass is 287 g/mol. The summed E-state index contributed by atoms with van der Waals surface area (Å²) in [6.45, 7) is 0. The minimum atomic E-state index is -0.860. The lowest BCUT2D eigenvalue weighted by molar-refractivity contribution is -0.132. The summed E-state index contributed by atoms with van der Waals surface area (Å²) in [6.07, 6.45) is 3.21. The Hall–Kier alpha value is -1.28. The number of thioether (sulfide) groups is 1. The first-order valence-electron chi connectivity index (χ1n) is 6.23. The highest BCUT2D eigenvalue weighted by molar-refractivity contribution is 8.01. The maximum atomic E-state index is 12.0. The zero-order valence-electron chi connectivity index (χ0n) is 10.3. The summed E-state index contributed by atoms with van der Waals surface area (Å²) in [4.78, 5) is 33.7. The van der Waals surface area contributed by atoms with E-state index < -0.39 is 10.7 Å². The molecule has 0 aliphatic carbocycles. The number of nitrogens with one attached hydrogen (secondary N) is 3. The van der Waals surface area contributed by atoms with Gasteiger partial charge in [0, 0.05) is 12.2 Å². The average molecular weight is 287 g/mol. The van der Waals surface area contributed by atoms with Crippen LogP contribution in [-0.4, -0.2) is 46.0 Å². The van der Waals surface area contributed by atoms with Crippen molar-refractivity contribution >= 4 is 30.0 Å². The van der Waals surface area contributed by atoms with Crippen molar-refractivity contribution in [3.63, 3.8) is 0 Å². The van der Waals surface area contributed by atoms with Gasteiger partial charge >= 0.3 is 6.03 Å². The van der Waals surface area contributed by atoms with E-state index in [9.17, 15) is 14.4 Å². The lowest BCUT2D eigenvalue weighted by Gasteiger charge is -2.31. The number of hydroxylamine groups is 1. The summed E-state index contributed by atoms with van der Waals surface area (Å²) in [5.41, 5.74) is 1.71. The average Bonchev–Trinajstić information content (AvgIpc) is 2.93. The molecule has 2 heterocycles. The molecular formula is C11H17N3O4S. The summed E-state index contributed by atoms with van der Waals surface area (Å²) in [6, 6.07) is -0.701. The molecule has 3 atom stereocenters. The molecule has 0 aromatic rings. The molecule has 0 spiro atoms. The van der Waals surface area contributed by atoms with E-state index in [1.165, 1.54) is 11.8 Å². The van der Waals surface area contributed by atoms with E-state index in [4.69, 9.17) is 5.21 Å². The smallest absolute Gasteiger partial charge is 0.315 e. The topological polar surface area (TPSA) is 108 Å². The molecule has 7 nitrogen and oxygen atoms in total. The highest BCUT2D eigenvalue weighted by Gasteiger charge is 2.57. The lowest BCUT2D eigenvalue weighted by atomic mass is 9.89. The number of aldehydes is 1. The lowest BCUT2D eigenvalue weighted by Crippen LogP contribution is -2.55. The van der Waals surface area contributed by atoms with Crippen LogP contribution in [0.3, 0.4) is 0 Å². The molecule has 4 N–H and O–H groups in total. The molecule has 19 heavy (non-hydrogen) atoms. The van der Waals surface area contributed by atoms with Crippen molar-refractivity contribution in [2.75, 3.05) is 5.75 Å². The van der Waals surface area contributed by atoms with Crippen molar-refractivity contribution in [1.29, 1.82) is 0 Å². The van der Waals surface area contributed by atoms with Gasteiger partial charge in [0.2, 0.25) is 0 Å². The molecule has 0 aromatic heterocycles. The number of rotatable bonds is 6. The Balaban J connectivity index is 2.09. The minimum Gasteiger partial charge on any atom is -0.332 e. The highest BCUT2D eigenvalue weighted by atomic mass is 32.2. The van der Waals surface area contributed by atoms with Gasteiger partial charge in [-0.25, -0.2) is 10.3 Å². The Morgan fingerprint density at radius 2 is 2.32 bits per heavy atom. The van der Waals surface area contributed by atoms with Crippen LogP contribution in [0.1, 0.15) is 25.7 Å². The fourth-order valence-electron chi connectivity index (χ4n) is 2.70. The maximum absolute atomic E-state index is 12.0. The molecule has 8 heteroatoms. The normalized spacial score (nSPS) is 32.4. The summed E-state index contributed by atoms with van der Waals surface area (Å²) in [5, 5.41) is 14.5. The fourth-order valence-corrected chi connectivity index (χ4v) is 4.32. The van der Waals surface area contributed by atoms with Gasteiger partial charge in [-0.05, 0) is 12.8 Å². The molecule has 3 amide bonds. The molecule has 2 saturated heterocycles. The number of urea groups is 1. The molecular weight excluding hydrogens is 270 g/mol. The van der Waals surface area contributed by atoms with E-state index in [-0.39, 0.29) is 18.1 Å². The summed E-state index contributed by atoms with van der Waals surface area (Å²) in [5.74, 6) is 0.143. The van der Waals surface area contributed by atoms with Gasteiger partial charge in [-0.1, -0.05) is 6.42 Å². The van der Waals surface area contributed by atoms with Crippen molar-refractivity contribution in [3.8, 4) is 0 Å². The van der Waals surface area contributed by atoms with Crippen molar-refractivity contribution in [3.05, 3.63) is 0 Å². The predicted octanol–water partition coefficient (Wildman–Crippen LogP) is -0.213. The molecule has 0 radical (unpaired) electrons. The van der Waals surface area contributed by atoms with E-state index in [2.05, 4.69) is 10.6 Å². The van der Waals surface area contributed by atoms with Crippen molar-refractivity contribution in [1.82, 2.24) is 16.1 Å². The van der Waals surface area contributed by atoms with Crippen LogP contribution in [0.2, 0.25) is 0 Å². The second-order valence-corrected chi connectivity index (χ2v) is 6.11. The summed E-state index contributed by atoms with van der Waals surface area (Å²) in [7, 11) is 0. The second kappa shape index (κ2) is 5.79. The van der Waals surface area contributed by atoms with Gasteiger partial charge in [-0.15, -0.1) is 11.8 Å². The standard InChI is InChI=1S/C11H17N3O4S/c15-5-3-1-2-4-11(9(16)14-18)8-7(6-19-11)12-10(17)13-8/h5,7-8,18H,1-4,6H2,(H,14,16)(H2,12,13,17)/t7-,8-,11-/m0/s1. The molecule has 106 valence electrons. The largest absolute Gasteiger partial charge is 0.332 e. The SMILES string of the molecule is O=CCCCC[C@]1(C(=O)NO)SC[C@@H]2NC(=O)N[C@@H]21. The van der Waals surface area contributed by atoms with Gasteiger partial charge in [-0.3, -0.25) is 10.0 Å². The molecule has 0 bridgehead atoms. The van der Waals surface area contributed by atoms with Crippen LogP contribution >= 0.6 is 11.8 Å². The van der Waals surface area contributed by atoms with E-state index >= 15 is 0 Å². The number of unbranched alkanes of at least 4 members (excludes halogenated alkanes) is 2. The molecule has 2 rings (SSSR count). The van der Waals surface area contributed by atoms with Crippen LogP contribution in [0.25, 0.3) is 0 Å². The van der Waals surface area contributed by atoms with E-state index in [1.807, 2.05) is 0 Å². The summed E-state index contributed by atoms with van der Waals surface area (Å²) < 4.78 is -0.860. The van der Waals surface area contributed by atoms with Crippen molar-refractivity contribution in [2.45, 2.75) is 42.5 Å². The number of carbonyl (C=O) groups excluding carboxylic acids is 3. The Bertz CT molecular complexity index is 392. The van der Waals surface area contributed by atoms with E-state index in [1.54, 1.807) is 5.48 Å². The number of fused-ring (bicyclic) bond motifs is 1. The van der Waals surface area contributed by atoms with Crippen LogP contribution in [0, 0.1) is 0 Å². The molecule has 0 aromatic carbocycles. The quantitative estimate of drug-likeness (QED) is 0.178. The van der Waals surface area contributed by atoms with Gasteiger partial charge in [-0.2, -0.15) is 0 Å². The number of amides is 3. The Morgan fingerprint density at radius 1 is 1.53 bits per heavy atom. The molecule has 0 unspecified atom stereocenters. The van der Waals surface area contributed by atoms with Crippen LogP contribution in [0.4, 0.5) is 4.79 Å². The van der Waals surface area contributed by atoms with Crippen molar-refractivity contribution < 1.29 is 19.6 Å². The molecule has 2 aliphatic heterocycles. The Kier molecular flexibility index (Phi) is 4.31. The third kappa shape index (κ3) is 2.55. The van der Waals surface area contributed by atoms with Gasteiger partial charge in [0.25, 0.3) is 5.91 Å². The van der Waals surface area contributed by atoms with Crippen molar-refractivity contribution in [2.24, 2.45) is 0 Å². The first-order chi connectivity index (χ1) is 9.14. The predicted molar refractivity (Wildman–Crippen MR) is 68.9 cm³/mol. The van der Waals surface area contributed by atoms with Gasteiger partial charge in [0.15, 0.2) is 0 Å². The maximum Gasteiger partial charge on any atom is 0.315 e. The fraction of sp³-hybridized carbons (Fsp3) is 0.727. The van der Waals surface area contributed by atoms with Crippen LogP contribution in [0.5, 0.6) is 0 Å².